The van der Waals surface area contributed by atoms with Crippen LogP contribution in [0.3, 0.4) is 0 Å². The molecule has 25 heavy (non-hydrogen) atoms. The summed E-state index contributed by atoms with van der Waals surface area (Å²) in [7, 11) is 0. The third-order valence-electron chi connectivity index (χ3n) is 3.76. The van der Waals surface area contributed by atoms with Crippen LogP contribution in [0, 0.1) is 6.92 Å². The van der Waals surface area contributed by atoms with Gasteiger partial charge >= 0.3 is 5.76 Å². The van der Waals surface area contributed by atoms with E-state index in [1.807, 2.05) is 13.0 Å². The molecule has 0 amide bonds. The number of hydrogen-bond donors (Lipinski definition) is 0. The Labute approximate surface area is 141 Å². The van der Waals surface area contributed by atoms with Crippen LogP contribution in [0.5, 0.6) is 0 Å². The van der Waals surface area contributed by atoms with E-state index in [4.69, 9.17) is 4.52 Å². The first-order valence-electron chi connectivity index (χ1n) is 7.59. The summed E-state index contributed by atoms with van der Waals surface area (Å²) in [4.78, 5) is 32.9. The first kappa shape index (κ1) is 15.0. The molecule has 4 rings (SSSR count). The average Bonchev–Trinajstić information content (AvgIpc) is 2.97. The number of nitrogens with zero attached hydrogens (tertiary/aromatic N) is 5. The minimum absolute atomic E-state index is 0.0634. The molecule has 4 aromatic rings. The van der Waals surface area contributed by atoms with Gasteiger partial charge in [0.25, 0.3) is 5.56 Å². The van der Waals surface area contributed by atoms with E-state index >= 15 is 0 Å². The summed E-state index contributed by atoms with van der Waals surface area (Å²) in [6.45, 7) is 1.96. The monoisotopic (exact) mass is 335 g/mol. The SMILES string of the molecule is Cc1ccc2nc(Cn3c(-c4ccccn4)noc3=O)cc(=O)n2c1. The van der Waals surface area contributed by atoms with Crippen LogP contribution in [0.15, 0.2) is 62.9 Å². The second-order valence-corrected chi connectivity index (χ2v) is 5.59. The first-order valence-corrected chi connectivity index (χ1v) is 7.59. The van der Waals surface area contributed by atoms with E-state index in [9.17, 15) is 9.59 Å². The van der Waals surface area contributed by atoms with Crippen molar-refractivity contribution in [3.05, 3.63) is 81.0 Å². The molecule has 0 aliphatic rings. The van der Waals surface area contributed by atoms with Gasteiger partial charge in [-0.3, -0.25) is 18.7 Å². The van der Waals surface area contributed by atoms with Crippen molar-refractivity contribution in [2.45, 2.75) is 13.5 Å². The molecule has 0 atom stereocenters. The summed E-state index contributed by atoms with van der Waals surface area (Å²) in [5.74, 6) is -0.344. The zero-order valence-electron chi connectivity index (χ0n) is 13.3. The maximum Gasteiger partial charge on any atom is 0.442 e. The molecule has 4 aromatic heterocycles. The Kier molecular flexibility index (Phi) is 3.50. The molecule has 0 saturated heterocycles. The number of pyridine rings is 2. The van der Waals surface area contributed by atoms with E-state index in [2.05, 4.69) is 15.1 Å². The van der Waals surface area contributed by atoms with Crippen molar-refractivity contribution in [2.24, 2.45) is 0 Å². The maximum absolute atomic E-state index is 12.3. The van der Waals surface area contributed by atoms with Crippen molar-refractivity contribution in [1.82, 2.24) is 24.1 Å². The topological polar surface area (TPSA) is 95.3 Å². The van der Waals surface area contributed by atoms with Gasteiger partial charge in [0.2, 0.25) is 5.82 Å². The zero-order chi connectivity index (χ0) is 17.4. The molecule has 0 radical (unpaired) electrons. The largest absolute Gasteiger partial charge is 0.442 e. The Hall–Kier alpha value is -3.55. The number of aryl methyl sites for hydroxylation is 1. The first-order chi connectivity index (χ1) is 12.1. The Morgan fingerprint density at radius 2 is 2.04 bits per heavy atom. The third-order valence-corrected chi connectivity index (χ3v) is 3.76. The molecule has 0 spiro atoms. The van der Waals surface area contributed by atoms with Gasteiger partial charge in [-0.15, -0.1) is 0 Å². The van der Waals surface area contributed by atoms with E-state index in [0.29, 0.717) is 17.0 Å². The van der Waals surface area contributed by atoms with Crippen LogP contribution in [0.25, 0.3) is 17.2 Å². The van der Waals surface area contributed by atoms with Gasteiger partial charge in [0.15, 0.2) is 0 Å². The third kappa shape index (κ3) is 2.74. The summed E-state index contributed by atoms with van der Waals surface area (Å²) < 4.78 is 7.53. The summed E-state index contributed by atoms with van der Waals surface area (Å²) >= 11 is 0. The average molecular weight is 335 g/mol. The van der Waals surface area contributed by atoms with Gasteiger partial charge in [0.1, 0.15) is 11.3 Å². The van der Waals surface area contributed by atoms with Crippen LogP contribution in [-0.4, -0.2) is 24.1 Å². The van der Waals surface area contributed by atoms with Crippen LogP contribution in [-0.2, 0) is 6.54 Å². The molecule has 0 bridgehead atoms. The van der Waals surface area contributed by atoms with Crippen LogP contribution in [0.4, 0.5) is 0 Å². The second kappa shape index (κ2) is 5.82. The van der Waals surface area contributed by atoms with E-state index in [1.165, 1.54) is 15.0 Å². The highest BCUT2D eigenvalue weighted by Gasteiger charge is 2.15. The normalized spacial score (nSPS) is 11.1. The lowest BCUT2D eigenvalue weighted by atomic mass is 10.3. The highest BCUT2D eigenvalue weighted by atomic mass is 16.5. The standard InChI is InChI=1S/C17H13N5O3/c1-11-5-6-14-19-12(8-15(23)21(14)9-11)10-22-16(20-25-17(22)24)13-4-2-3-7-18-13/h2-9H,10H2,1H3. The highest BCUT2D eigenvalue weighted by Crippen LogP contribution is 2.13. The predicted octanol–water partition coefficient (Wildman–Crippen LogP) is 1.26. The fraction of sp³-hybridized carbons (Fsp3) is 0.118. The summed E-state index contributed by atoms with van der Waals surface area (Å²) in [5, 5.41) is 3.78. The lowest BCUT2D eigenvalue weighted by Gasteiger charge is -2.06. The van der Waals surface area contributed by atoms with Crippen LogP contribution >= 0.6 is 0 Å². The lowest BCUT2D eigenvalue weighted by molar-refractivity contribution is 0.378. The summed E-state index contributed by atoms with van der Waals surface area (Å²) in [6.07, 6.45) is 3.32. The number of fused-ring (bicyclic) bond motifs is 1. The van der Waals surface area contributed by atoms with Crippen molar-refractivity contribution >= 4 is 5.65 Å². The van der Waals surface area contributed by atoms with Gasteiger partial charge in [-0.1, -0.05) is 17.3 Å². The van der Waals surface area contributed by atoms with Crippen molar-refractivity contribution < 1.29 is 4.52 Å². The maximum atomic E-state index is 12.3. The molecule has 0 N–H and O–H groups in total. The fourth-order valence-electron chi connectivity index (χ4n) is 2.59. The molecular weight excluding hydrogens is 322 g/mol. The lowest BCUT2D eigenvalue weighted by Crippen LogP contribution is -2.21. The summed E-state index contributed by atoms with van der Waals surface area (Å²) in [5.41, 5.74) is 2.19. The molecule has 124 valence electrons. The fourth-order valence-corrected chi connectivity index (χ4v) is 2.59. The number of aromatic nitrogens is 5. The molecule has 8 heteroatoms. The number of hydrogen-bond acceptors (Lipinski definition) is 6. The molecule has 4 heterocycles. The van der Waals surface area contributed by atoms with Crippen LogP contribution in [0.2, 0.25) is 0 Å². The van der Waals surface area contributed by atoms with Gasteiger partial charge in [-0.2, -0.15) is 0 Å². The predicted molar refractivity (Wildman–Crippen MR) is 89.3 cm³/mol. The van der Waals surface area contributed by atoms with E-state index in [-0.39, 0.29) is 17.9 Å². The highest BCUT2D eigenvalue weighted by molar-refractivity contribution is 5.48. The van der Waals surface area contributed by atoms with Gasteiger partial charge in [-0.25, -0.2) is 14.3 Å². The van der Waals surface area contributed by atoms with Crippen LogP contribution in [0.1, 0.15) is 11.3 Å². The minimum atomic E-state index is -0.633. The van der Waals surface area contributed by atoms with E-state index in [0.717, 1.165) is 5.56 Å². The molecule has 0 unspecified atom stereocenters. The number of rotatable bonds is 3. The molecule has 0 fully saturated rings. The van der Waals surface area contributed by atoms with Gasteiger partial charge in [0, 0.05) is 18.5 Å². The smallest absolute Gasteiger partial charge is 0.295 e. The Balaban J connectivity index is 1.80. The van der Waals surface area contributed by atoms with E-state index < -0.39 is 5.76 Å². The van der Waals surface area contributed by atoms with Crippen molar-refractivity contribution in [3.8, 4) is 11.5 Å². The van der Waals surface area contributed by atoms with Crippen molar-refractivity contribution in [1.29, 1.82) is 0 Å². The van der Waals surface area contributed by atoms with E-state index in [1.54, 1.807) is 36.7 Å². The minimum Gasteiger partial charge on any atom is -0.295 e. The second-order valence-electron chi connectivity index (χ2n) is 5.59. The molecule has 0 aliphatic carbocycles. The quantitative estimate of drug-likeness (QED) is 0.559. The summed E-state index contributed by atoms with van der Waals surface area (Å²) in [6, 6.07) is 10.3. The molecule has 0 aliphatic heterocycles. The van der Waals surface area contributed by atoms with Gasteiger partial charge < -0.3 is 0 Å². The molecule has 0 aromatic carbocycles. The molecule has 0 saturated carbocycles. The molecule has 8 nitrogen and oxygen atoms in total. The zero-order valence-corrected chi connectivity index (χ0v) is 13.3. The van der Waals surface area contributed by atoms with Crippen molar-refractivity contribution in [2.75, 3.05) is 0 Å². The Bertz CT molecular complexity index is 1170. The van der Waals surface area contributed by atoms with Gasteiger partial charge in [-0.05, 0) is 30.7 Å². The van der Waals surface area contributed by atoms with Crippen LogP contribution < -0.4 is 11.3 Å². The molecular formula is C17H13N5O3. The van der Waals surface area contributed by atoms with Crippen molar-refractivity contribution in [3.63, 3.8) is 0 Å². The van der Waals surface area contributed by atoms with Gasteiger partial charge in [0.05, 0.1) is 12.2 Å². The Morgan fingerprint density at radius 3 is 2.84 bits per heavy atom. The Morgan fingerprint density at radius 1 is 1.16 bits per heavy atom.